The summed E-state index contributed by atoms with van der Waals surface area (Å²) in [5.41, 5.74) is 4.42. The Labute approximate surface area is 186 Å². The van der Waals surface area contributed by atoms with Gasteiger partial charge in [0.05, 0.1) is 11.2 Å². The fraction of sp³-hybridized carbons (Fsp3) is 0.500. The van der Waals surface area contributed by atoms with Crippen molar-refractivity contribution < 1.29 is 0 Å². The Bertz CT molecular complexity index is 1050. The van der Waals surface area contributed by atoms with Crippen LogP contribution < -0.4 is 10.2 Å². The van der Waals surface area contributed by atoms with Crippen molar-refractivity contribution in [1.29, 1.82) is 0 Å². The summed E-state index contributed by atoms with van der Waals surface area (Å²) in [4.78, 5) is 6.89. The normalized spacial score (nSPS) is 18.5. The average molecular weight is 418 g/mol. The first-order valence-corrected chi connectivity index (χ1v) is 11.3. The molecule has 164 valence electrons. The van der Waals surface area contributed by atoms with E-state index in [0.717, 1.165) is 40.8 Å². The van der Waals surface area contributed by atoms with E-state index >= 15 is 0 Å². The fourth-order valence-corrected chi connectivity index (χ4v) is 5.02. The molecule has 1 aromatic carbocycles. The number of hydrogen-bond acceptors (Lipinski definition) is 5. The Balaban J connectivity index is 1.58. The number of pyridine rings is 1. The lowest BCUT2D eigenvalue weighted by molar-refractivity contribution is 0.160. The van der Waals surface area contributed by atoms with Crippen LogP contribution >= 0.6 is 0 Å². The molecular weight excluding hydrogens is 382 g/mol. The molecule has 3 heterocycles. The molecule has 1 aliphatic rings. The zero-order chi connectivity index (χ0) is 22.4. The number of rotatable bonds is 4. The van der Waals surface area contributed by atoms with Crippen molar-refractivity contribution >= 4 is 16.7 Å². The molecule has 4 rings (SSSR count). The summed E-state index contributed by atoms with van der Waals surface area (Å²) < 4.78 is 0. The molecule has 1 aliphatic heterocycles. The molecule has 0 unspecified atom stereocenters. The van der Waals surface area contributed by atoms with E-state index in [9.17, 15) is 0 Å². The predicted molar refractivity (Wildman–Crippen MR) is 130 cm³/mol. The van der Waals surface area contributed by atoms with Crippen LogP contribution in [0.2, 0.25) is 0 Å². The SMILES string of the molecule is CC(C)c1cnc2ccc(-c3ccc(N(C)C4CC(C)(C)NC(C)(C)C4)nn3)cc2c1. The second kappa shape index (κ2) is 7.86. The summed E-state index contributed by atoms with van der Waals surface area (Å²) in [7, 11) is 2.14. The number of fused-ring (bicyclic) bond motifs is 1. The van der Waals surface area contributed by atoms with Crippen molar-refractivity contribution in [2.75, 3.05) is 11.9 Å². The van der Waals surface area contributed by atoms with Gasteiger partial charge in [-0.05, 0) is 82.3 Å². The van der Waals surface area contributed by atoms with Crippen molar-refractivity contribution in [3.05, 3.63) is 48.2 Å². The number of nitrogens with zero attached hydrogens (tertiary/aromatic N) is 4. The topological polar surface area (TPSA) is 53.9 Å². The van der Waals surface area contributed by atoms with Crippen LogP contribution in [0.15, 0.2) is 42.6 Å². The molecule has 0 saturated carbocycles. The van der Waals surface area contributed by atoms with Crippen molar-refractivity contribution in [1.82, 2.24) is 20.5 Å². The summed E-state index contributed by atoms with van der Waals surface area (Å²) in [5.74, 6) is 1.38. The summed E-state index contributed by atoms with van der Waals surface area (Å²) in [6.07, 6.45) is 4.12. The van der Waals surface area contributed by atoms with Crippen molar-refractivity contribution in [3.8, 4) is 11.3 Å². The van der Waals surface area contributed by atoms with Crippen LogP contribution in [-0.2, 0) is 0 Å². The minimum Gasteiger partial charge on any atom is -0.355 e. The number of piperidine rings is 1. The van der Waals surface area contributed by atoms with E-state index in [2.05, 4.69) is 110 Å². The molecule has 0 radical (unpaired) electrons. The summed E-state index contributed by atoms with van der Waals surface area (Å²) in [6.45, 7) is 13.5. The van der Waals surface area contributed by atoms with Crippen LogP contribution in [0.1, 0.15) is 65.9 Å². The lowest BCUT2D eigenvalue weighted by atomic mass is 9.79. The van der Waals surface area contributed by atoms with Gasteiger partial charge in [0.2, 0.25) is 0 Å². The van der Waals surface area contributed by atoms with E-state index in [0.29, 0.717) is 12.0 Å². The van der Waals surface area contributed by atoms with Gasteiger partial charge in [0, 0.05) is 41.3 Å². The molecule has 0 aliphatic carbocycles. The molecule has 31 heavy (non-hydrogen) atoms. The summed E-state index contributed by atoms with van der Waals surface area (Å²) in [6, 6.07) is 13.1. The molecule has 5 nitrogen and oxygen atoms in total. The summed E-state index contributed by atoms with van der Waals surface area (Å²) >= 11 is 0. The third-order valence-corrected chi connectivity index (χ3v) is 6.39. The number of anilines is 1. The lowest BCUT2D eigenvalue weighted by Gasteiger charge is -2.49. The van der Waals surface area contributed by atoms with E-state index in [1.165, 1.54) is 5.56 Å². The molecule has 0 spiro atoms. The van der Waals surface area contributed by atoms with Gasteiger partial charge in [-0.15, -0.1) is 10.2 Å². The first-order valence-electron chi connectivity index (χ1n) is 11.3. The lowest BCUT2D eigenvalue weighted by Crippen LogP contribution is -2.62. The molecule has 2 aromatic heterocycles. The molecule has 0 atom stereocenters. The molecule has 1 fully saturated rings. The molecule has 1 N–H and O–H groups in total. The van der Waals surface area contributed by atoms with Gasteiger partial charge in [-0.1, -0.05) is 19.9 Å². The highest BCUT2D eigenvalue weighted by molar-refractivity contribution is 5.84. The maximum absolute atomic E-state index is 4.60. The smallest absolute Gasteiger partial charge is 0.151 e. The van der Waals surface area contributed by atoms with Crippen LogP contribution in [0.3, 0.4) is 0 Å². The highest BCUT2D eigenvalue weighted by Crippen LogP contribution is 2.33. The quantitative estimate of drug-likeness (QED) is 0.602. The molecule has 0 bridgehead atoms. The number of benzene rings is 1. The van der Waals surface area contributed by atoms with Gasteiger partial charge in [-0.3, -0.25) is 4.98 Å². The van der Waals surface area contributed by atoms with E-state index in [1.807, 2.05) is 6.20 Å². The Morgan fingerprint density at radius 1 is 0.968 bits per heavy atom. The Kier molecular flexibility index (Phi) is 5.50. The molecule has 1 saturated heterocycles. The third kappa shape index (κ3) is 4.72. The standard InChI is InChI=1S/C26H35N5/c1-17(2)20-13-19-12-18(8-9-22(19)27-16-20)23-10-11-24(29-28-23)31(7)21-14-25(3,4)30-26(5,6)15-21/h8-13,16-17,21,30H,14-15H2,1-7H3. The maximum Gasteiger partial charge on any atom is 0.151 e. The van der Waals surface area contributed by atoms with Crippen molar-refractivity contribution in [2.24, 2.45) is 0 Å². The first kappa shape index (κ1) is 21.7. The van der Waals surface area contributed by atoms with Gasteiger partial charge < -0.3 is 10.2 Å². The molecule has 5 heteroatoms. The van der Waals surface area contributed by atoms with E-state index in [-0.39, 0.29) is 11.1 Å². The van der Waals surface area contributed by atoms with Crippen LogP contribution in [0, 0.1) is 0 Å². The summed E-state index contributed by atoms with van der Waals surface area (Å²) in [5, 5.41) is 14.1. The molecule has 3 aromatic rings. The van der Waals surface area contributed by atoms with E-state index in [1.54, 1.807) is 0 Å². The zero-order valence-electron chi connectivity index (χ0n) is 19.9. The fourth-order valence-electron chi connectivity index (χ4n) is 5.02. The Morgan fingerprint density at radius 3 is 2.29 bits per heavy atom. The minimum atomic E-state index is 0.0992. The van der Waals surface area contributed by atoms with Crippen LogP contribution in [0.4, 0.5) is 5.82 Å². The van der Waals surface area contributed by atoms with Crippen molar-refractivity contribution in [3.63, 3.8) is 0 Å². The second-order valence-electron chi connectivity index (χ2n) is 10.7. The monoisotopic (exact) mass is 417 g/mol. The first-order chi connectivity index (χ1) is 14.5. The van der Waals surface area contributed by atoms with Gasteiger partial charge in [0.25, 0.3) is 0 Å². The average Bonchev–Trinajstić information content (AvgIpc) is 2.70. The van der Waals surface area contributed by atoms with Crippen LogP contribution in [0.25, 0.3) is 22.2 Å². The van der Waals surface area contributed by atoms with Gasteiger partial charge in [0.15, 0.2) is 5.82 Å². The Hall–Kier alpha value is -2.53. The second-order valence-corrected chi connectivity index (χ2v) is 10.7. The number of nitrogens with one attached hydrogen (secondary N) is 1. The van der Waals surface area contributed by atoms with Gasteiger partial charge in [0.1, 0.15) is 0 Å². The number of hydrogen-bond donors (Lipinski definition) is 1. The van der Waals surface area contributed by atoms with Gasteiger partial charge >= 0.3 is 0 Å². The third-order valence-electron chi connectivity index (χ3n) is 6.39. The zero-order valence-corrected chi connectivity index (χ0v) is 19.9. The largest absolute Gasteiger partial charge is 0.355 e. The number of aromatic nitrogens is 3. The maximum atomic E-state index is 4.60. The predicted octanol–water partition coefficient (Wildman–Crippen LogP) is 5.56. The van der Waals surface area contributed by atoms with Crippen LogP contribution in [0.5, 0.6) is 0 Å². The minimum absolute atomic E-state index is 0.0992. The van der Waals surface area contributed by atoms with Crippen LogP contribution in [-0.4, -0.2) is 39.3 Å². The molecular formula is C26H35N5. The Morgan fingerprint density at radius 2 is 1.68 bits per heavy atom. The van der Waals surface area contributed by atoms with Crippen molar-refractivity contribution in [2.45, 2.75) is 77.4 Å². The highest BCUT2D eigenvalue weighted by Gasteiger charge is 2.39. The van der Waals surface area contributed by atoms with E-state index in [4.69, 9.17) is 0 Å². The molecule has 0 amide bonds. The highest BCUT2D eigenvalue weighted by atomic mass is 15.3. The van der Waals surface area contributed by atoms with Gasteiger partial charge in [-0.25, -0.2) is 0 Å². The van der Waals surface area contributed by atoms with E-state index < -0.39 is 0 Å². The van der Waals surface area contributed by atoms with Gasteiger partial charge in [-0.2, -0.15) is 0 Å².